The highest BCUT2D eigenvalue weighted by atomic mass is 19.1. The summed E-state index contributed by atoms with van der Waals surface area (Å²) in [5.41, 5.74) is -0.461. The number of phenols is 1. The number of hydrogen-bond donors (Lipinski definition) is 1. The number of hydrogen-bond acceptors (Lipinski definition) is 2. The smallest absolute Gasteiger partial charge is 0.161 e. The van der Waals surface area contributed by atoms with Crippen molar-refractivity contribution in [3.63, 3.8) is 0 Å². The van der Waals surface area contributed by atoms with Gasteiger partial charge in [0.2, 0.25) is 0 Å². The number of rotatable bonds is 2. The Morgan fingerprint density at radius 1 is 1.38 bits per heavy atom. The van der Waals surface area contributed by atoms with Crippen LogP contribution in [0.25, 0.3) is 6.08 Å². The molecular formula is C13H15FO2. The van der Waals surface area contributed by atoms with E-state index in [4.69, 9.17) is 0 Å². The van der Waals surface area contributed by atoms with Crippen LogP contribution < -0.4 is 0 Å². The molecule has 0 heterocycles. The van der Waals surface area contributed by atoms with Gasteiger partial charge in [-0.1, -0.05) is 26.8 Å². The highest BCUT2D eigenvalue weighted by molar-refractivity contribution is 5.97. The second-order valence-electron chi connectivity index (χ2n) is 4.62. The molecule has 0 aromatic heterocycles. The first-order chi connectivity index (χ1) is 7.32. The summed E-state index contributed by atoms with van der Waals surface area (Å²) in [5, 5.41) is 9.40. The van der Waals surface area contributed by atoms with Crippen molar-refractivity contribution in [3.8, 4) is 5.75 Å². The van der Waals surface area contributed by atoms with Gasteiger partial charge in [0.05, 0.1) is 5.56 Å². The summed E-state index contributed by atoms with van der Waals surface area (Å²) in [4.78, 5) is 11.6. The van der Waals surface area contributed by atoms with E-state index < -0.39 is 11.2 Å². The molecule has 0 fully saturated rings. The van der Waals surface area contributed by atoms with Crippen LogP contribution >= 0.6 is 0 Å². The lowest BCUT2D eigenvalue weighted by Gasteiger charge is -2.13. The van der Waals surface area contributed by atoms with E-state index in [9.17, 15) is 14.3 Å². The first kappa shape index (κ1) is 12.4. The minimum atomic E-state index is -0.544. The molecule has 86 valence electrons. The van der Waals surface area contributed by atoms with E-state index in [1.165, 1.54) is 30.4 Å². The average Bonchev–Trinajstić information content (AvgIpc) is 2.15. The maximum Gasteiger partial charge on any atom is 0.161 e. The molecule has 16 heavy (non-hydrogen) atoms. The predicted octanol–water partition coefficient (Wildman–Crippen LogP) is 3.16. The minimum absolute atomic E-state index is 0.0418. The molecule has 0 spiro atoms. The Balaban J connectivity index is 2.98. The number of halogens is 1. The van der Waals surface area contributed by atoms with Crippen molar-refractivity contribution in [2.75, 3.05) is 0 Å². The molecule has 1 aromatic rings. The molecule has 0 bridgehead atoms. The van der Waals surface area contributed by atoms with Gasteiger partial charge >= 0.3 is 0 Å². The van der Waals surface area contributed by atoms with Crippen LogP contribution in [0.4, 0.5) is 4.39 Å². The molecule has 0 aliphatic heterocycles. The van der Waals surface area contributed by atoms with Crippen LogP contribution in [0, 0.1) is 11.2 Å². The van der Waals surface area contributed by atoms with E-state index in [1.807, 2.05) is 0 Å². The quantitative estimate of drug-likeness (QED) is 0.780. The Hall–Kier alpha value is -1.64. The lowest BCUT2D eigenvalue weighted by Crippen LogP contribution is -2.17. The predicted molar refractivity (Wildman–Crippen MR) is 61.6 cm³/mol. The molecule has 1 rings (SSSR count). The van der Waals surface area contributed by atoms with Crippen molar-refractivity contribution in [2.24, 2.45) is 5.41 Å². The summed E-state index contributed by atoms with van der Waals surface area (Å²) >= 11 is 0. The maximum atomic E-state index is 13.3. The number of allylic oxidation sites excluding steroid dienone is 1. The van der Waals surface area contributed by atoms with Crippen LogP contribution in [0.2, 0.25) is 0 Å². The Morgan fingerprint density at radius 2 is 2.00 bits per heavy atom. The Kier molecular flexibility index (Phi) is 3.48. The molecule has 0 radical (unpaired) electrons. The zero-order valence-corrected chi connectivity index (χ0v) is 9.62. The van der Waals surface area contributed by atoms with Gasteiger partial charge in [-0.3, -0.25) is 4.79 Å². The highest BCUT2D eigenvalue weighted by Gasteiger charge is 2.18. The zero-order valence-electron chi connectivity index (χ0n) is 9.62. The van der Waals surface area contributed by atoms with E-state index in [2.05, 4.69) is 0 Å². The van der Waals surface area contributed by atoms with Gasteiger partial charge in [0.15, 0.2) is 5.78 Å². The summed E-state index contributed by atoms with van der Waals surface area (Å²) in [6.45, 7) is 5.34. The topological polar surface area (TPSA) is 37.3 Å². The Labute approximate surface area is 94.4 Å². The van der Waals surface area contributed by atoms with Crippen molar-refractivity contribution in [3.05, 3.63) is 35.7 Å². The van der Waals surface area contributed by atoms with E-state index >= 15 is 0 Å². The third-order valence-electron chi connectivity index (χ3n) is 2.17. The van der Waals surface area contributed by atoms with Crippen LogP contribution in [-0.4, -0.2) is 10.9 Å². The summed E-state index contributed by atoms with van der Waals surface area (Å²) in [6, 6.07) is 4.03. The largest absolute Gasteiger partial charge is 0.507 e. The third kappa shape index (κ3) is 2.92. The SMILES string of the molecule is CC(C)(C)C(=O)/C=C/c1c(O)cccc1F. The zero-order chi connectivity index (χ0) is 12.3. The molecule has 0 aliphatic rings. The van der Waals surface area contributed by atoms with Gasteiger partial charge in [0, 0.05) is 5.41 Å². The first-order valence-electron chi connectivity index (χ1n) is 5.02. The van der Waals surface area contributed by atoms with Crippen molar-refractivity contribution in [1.82, 2.24) is 0 Å². The van der Waals surface area contributed by atoms with Gasteiger partial charge in [-0.2, -0.15) is 0 Å². The molecule has 0 aliphatic carbocycles. The molecular weight excluding hydrogens is 207 g/mol. The molecule has 1 N–H and O–H groups in total. The minimum Gasteiger partial charge on any atom is -0.507 e. The monoisotopic (exact) mass is 222 g/mol. The number of carbonyl (C=O) groups excluding carboxylic acids is 1. The lowest BCUT2D eigenvalue weighted by atomic mass is 9.90. The second-order valence-corrected chi connectivity index (χ2v) is 4.62. The van der Waals surface area contributed by atoms with E-state index in [-0.39, 0.29) is 17.1 Å². The lowest BCUT2D eigenvalue weighted by molar-refractivity contribution is -0.121. The third-order valence-corrected chi connectivity index (χ3v) is 2.17. The molecule has 0 amide bonds. The summed E-state index contributed by atoms with van der Waals surface area (Å²) < 4.78 is 13.3. The molecule has 0 unspecified atom stereocenters. The van der Waals surface area contributed by atoms with Crippen molar-refractivity contribution in [1.29, 1.82) is 0 Å². The fourth-order valence-electron chi connectivity index (χ4n) is 1.10. The highest BCUT2D eigenvalue weighted by Crippen LogP contribution is 2.22. The first-order valence-corrected chi connectivity index (χ1v) is 5.02. The molecule has 3 heteroatoms. The van der Waals surface area contributed by atoms with Gasteiger partial charge in [-0.15, -0.1) is 0 Å². The molecule has 1 aromatic carbocycles. The van der Waals surface area contributed by atoms with Crippen LogP contribution in [0.15, 0.2) is 24.3 Å². The van der Waals surface area contributed by atoms with Crippen molar-refractivity contribution in [2.45, 2.75) is 20.8 Å². The van der Waals surface area contributed by atoms with Crippen LogP contribution in [0.3, 0.4) is 0 Å². The molecule has 0 saturated carbocycles. The maximum absolute atomic E-state index is 13.3. The average molecular weight is 222 g/mol. The summed E-state index contributed by atoms with van der Waals surface area (Å²) in [7, 11) is 0. The Morgan fingerprint density at radius 3 is 2.50 bits per heavy atom. The number of benzene rings is 1. The standard InChI is InChI=1S/C13H15FO2/c1-13(2,3)12(16)8-7-9-10(14)5-4-6-11(9)15/h4-8,15H,1-3H3/b8-7+. The van der Waals surface area contributed by atoms with Gasteiger partial charge in [-0.25, -0.2) is 4.39 Å². The van der Waals surface area contributed by atoms with Crippen LogP contribution in [-0.2, 0) is 4.79 Å². The summed E-state index contributed by atoms with van der Waals surface area (Å²) in [5.74, 6) is -0.828. The number of aromatic hydroxyl groups is 1. The van der Waals surface area contributed by atoms with E-state index in [0.717, 1.165) is 0 Å². The normalized spacial score (nSPS) is 12.0. The van der Waals surface area contributed by atoms with E-state index in [1.54, 1.807) is 20.8 Å². The second kappa shape index (κ2) is 4.47. The van der Waals surface area contributed by atoms with Gasteiger partial charge in [-0.05, 0) is 24.3 Å². The summed E-state index contributed by atoms with van der Waals surface area (Å²) in [6.07, 6.45) is 2.59. The number of carbonyl (C=O) groups is 1. The molecule has 0 saturated heterocycles. The molecule has 0 atom stereocenters. The molecule has 2 nitrogen and oxygen atoms in total. The van der Waals surface area contributed by atoms with Crippen molar-refractivity contribution >= 4 is 11.9 Å². The number of phenolic OH excluding ortho intramolecular Hbond substituents is 1. The number of ketones is 1. The fourth-order valence-corrected chi connectivity index (χ4v) is 1.10. The van der Waals surface area contributed by atoms with Gasteiger partial charge in [0.1, 0.15) is 11.6 Å². The van der Waals surface area contributed by atoms with Crippen molar-refractivity contribution < 1.29 is 14.3 Å². The van der Waals surface area contributed by atoms with Gasteiger partial charge < -0.3 is 5.11 Å². The van der Waals surface area contributed by atoms with E-state index in [0.29, 0.717) is 0 Å². The fraction of sp³-hybridized carbons (Fsp3) is 0.308. The van der Waals surface area contributed by atoms with Gasteiger partial charge in [0.25, 0.3) is 0 Å². The van der Waals surface area contributed by atoms with Crippen LogP contribution in [0.5, 0.6) is 5.75 Å². The van der Waals surface area contributed by atoms with Crippen LogP contribution in [0.1, 0.15) is 26.3 Å². The Bertz CT molecular complexity index is 408.